The highest BCUT2D eigenvalue weighted by Crippen LogP contribution is 2.14. The third-order valence-corrected chi connectivity index (χ3v) is 2.59. The molecule has 0 saturated carbocycles. The molecule has 104 valence electrons. The number of hydrogen-bond acceptors (Lipinski definition) is 3. The molecule has 7 nitrogen and oxygen atoms in total. The molecule has 0 aliphatic heterocycles. The van der Waals surface area contributed by atoms with Gasteiger partial charge in [0, 0.05) is 31.7 Å². The van der Waals surface area contributed by atoms with Crippen LogP contribution in [0.4, 0.5) is 16.2 Å². The fraction of sp³-hybridized carbons (Fsp3) is 0.154. The maximum absolute atomic E-state index is 11.9. The number of carbonyl (C=O) groups excluding carboxylic acids is 2. The molecule has 7 heteroatoms. The van der Waals surface area contributed by atoms with Crippen LogP contribution in [0.5, 0.6) is 0 Å². The number of amides is 3. The Balaban J connectivity index is 2.00. The lowest BCUT2D eigenvalue weighted by Gasteiger charge is -2.06. The van der Waals surface area contributed by atoms with E-state index < -0.39 is 0 Å². The molecule has 0 saturated heterocycles. The highest BCUT2D eigenvalue weighted by Gasteiger charge is 2.08. The number of nitrogens with zero attached hydrogens (tertiary/aromatic N) is 2. The van der Waals surface area contributed by atoms with E-state index in [-0.39, 0.29) is 11.9 Å². The second-order valence-electron chi connectivity index (χ2n) is 4.14. The number of hydrogen-bond donors (Lipinski definition) is 3. The van der Waals surface area contributed by atoms with Crippen LogP contribution < -0.4 is 16.0 Å². The summed E-state index contributed by atoms with van der Waals surface area (Å²) in [4.78, 5) is 23.0. The molecule has 0 bridgehead atoms. The van der Waals surface area contributed by atoms with Crippen LogP contribution in [0.1, 0.15) is 10.4 Å². The van der Waals surface area contributed by atoms with Crippen molar-refractivity contribution in [3.05, 3.63) is 42.2 Å². The summed E-state index contributed by atoms with van der Waals surface area (Å²) in [5.74, 6) is -0.231. The summed E-state index contributed by atoms with van der Waals surface area (Å²) < 4.78 is 1.56. The number of aryl methyl sites for hydroxylation is 1. The molecule has 3 N–H and O–H groups in total. The Morgan fingerprint density at radius 3 is 2.20 bits per heavy atom. The van der Waals surface area contributed by atoms with Crippen molar-refractivity contribution in [2.24, 2.45) is 7.05 Å². The first kappa shape index (κ1) is 13.6. The van der Waals surface area contributed by atoms with Gasteiger partial charge in [-0.1, -0.05) is 0 Å². The molecule has 1 aromatic heterocycles. The number of anilines is 2. The number of carbonyl (C=O) groups is 2. The predicted molar refractivity (Wildman–Crippen MR) is 75.7 cm³/mol. The van der Waals surface area contributed by atoms with Gasteiger partial charge in [-0.3, -0.25) is 9.48 Å². The number of urea groups is 1. The van der Waals surface area contributed by atoms with Crippen LogP contribution in [0.2, 0.25) is 0 Å². The van der Waals surface area contributed by atoms with Crippen LogP contribution in [0.15, 0.2) is 36.7 Å². The van der Waals surface area contributed by atoms with Crippen molar-refractivity contribution >= 4 is 23.3 Å². The minimum absolute atomic E-state index is 0.231. The van der Waals surface area contributed by atoms with E-state index in [4.69, 9.17) is 0 Å². The van der Waals surface area contributed by atoms with E-state index in [1.165, 1.54) is 13.2 Å². The molecule has 2 rings (SSSR count). The normalized spacial score (nSPS) is 9.90. The van der Waals surface area contributed by atoms with E-state index in [1.807, 2.05) is 0 Å². The number of rotatable bonds is 3. The zero-order chi connectivity index (χ0) is 14.5. The van der Waals surface area contributed by atoms with Crippen molar-refractivity contribution in [1.82, 2.24) is 15.1 Å². The first-order chi connectivity index (χ1) is 9.58. The van der Waals surface area contributed by atoms with E-state index in [2.05, 4.69) is 21.0 Å². The topological polar surface area (TPSA) is 88.1 Å². The van der Waals surface area contributed by atoms with E-state index in [9.17, 15) is 9.59 Å². The van der Waals surface area contributed by atoms with Crippen LogP contribution in [0.25, 0.3) is 0 Å². The molecule has 1 aromatic carbocycles. The molecular formula is C13H15N5O2. The second kappa shape index (κ2) is 5.87. The summed E-state index contributed by atoms with van der Waals surface area (Å²) in [6.45, 7) is 0. The average Bonchev–Trinajstić information content (AvgIpc) is 2.87. The van der Waals surface area contributed by atoms with Crippen LogP contribution in [-0.4, -0.2) is 28.8 Å². The third kappa shape index (κ3) is 3.35. The minimum Gasteiger partial charge on any atom is -0.341 e. The highest BCUT2D eigenvalue weighted by atomic mass is 16.2. The Morgan fingerprint density at radius 1 is 1.10 bits per heavy atom. The largest absolute Gasteiger partial charge is 0.341 e. The molecule has 3 amide bonds. The van der Waals surface area contributed by atoms with Crippen molar-refractivity contribution < 1.29 is 9.59 Å². The summed E-state index contributed by atoms with van der Waals surface area (Å²) in [5.41, 5.74) is 1.77. The Bertz CT molecular complexity index is 618. The molecule has 0 fully saturated rings. The lowest BCUT2D eigenvalue weighted by Crippen LogP contribution is -2.24. The molecular weight excluding hydrogens is 258 g/mol. The lowest BCUT2D eigenvalue weighted by atomic mass is 10.2. The summed E-state index contributed by atoms with van der Waals surface area (Å²) >= 11 is 0. The molecule has 20 heavy (non-hydrogen) atoms. The van der Waals surface area contributed by atoms with E-state index in [0.717, 1.165) is 0 Å². The van der Waals surface area contributed by atoms with Gasteiger partial charge >= 0.3 is 6.03 Å². The summed E-state index contributed by atoms with van der Waals surface area (Å²) in [5, 5.41) is 11.8. The molecule has 0 aliphatic rings. The van der Waals surface area contributed by atoms with Gasteiger partial charge in [0.15, 0.2) is 0 Å². The Hall–Kier alpha value is -2.83. The van der Waals surface area contributed by atoms with Crippen molar-refractivity contribution in [1.29, 1.82) is 0 Å². The SMILES string of the molecule is CNC(=O)Nc1ccc(NC(=O)c2cnn(C)c2)cc1. The van der Waals surface area contributed by atoms with Gasteiger partial charge in [0.05, 0.1) is 11.8 Å². The quantitative estimate of drug-likeness (QED) is 0.790. The van der Waals surface area contributed by atoms with Crippen LogP contribution in [0, 0.1) is 0 Å². The Kier molecular flexibility index (Phi) is 3.99. The molecule has 1 heterocycles. The van der Waals surface area contributed by atoms with Crippen molar-refractivity contribution in [2.45, 2.75) is 0 Å². The van der Waals surface area contributed by atoms with Crippen molar-refractivity contribution in [2.75, 3.05) is 17.7 Å². The molecule has 2 aromatic rings. The number of nitrogens with one attached hydrogen (secondary N) is 3. The van der Waals surface area contributed by atoms with Crippen LogP contribution >= 0.6 is 0 Å². The summed E-state index contributed by atoms with van der Waals surface area (Å²) in [6.07, 6.45) is 3.13. The first-order valence-electron chi connectivity index (χ1n) is 5.97. The van der Waals surface area contributed by atoms with Gasteiger partial charge in [0.25, 0.3) is 5.91 Å². The Morgan fingerprint density at radius 2 is 1.70 bits per heavy atom. The van der Waals surface area contributed by atoms with Gasteiger partial charge in [0.1, 0.15) is 0 Å². The van der Waals surface area contributed by atoms with Crippen molar-refractivity contribution in [3.8, 4) is 0 Å². The van der Waals surface area contributed by atoms with E-state index in [1.54, 1.807) is 42.2 Å². The van der Waals surface area contributed by atoms with Gasteiger partial charge in [-0.05, 0) is 24.3 Å². The van der Waals surface area contributed by atoms with Gasteiger partial charge in [-0.25, -0.2) is 4.79 Å². The molecule has 0 atom stereocenters. The van der Waals surface area contributed by atoms with Gasteiger partial charge in [0.2, 0.25) is 0 Å². The maximum atomic E-state index is 11.9. The molecule has 0 spiro atoms. The zero-order valence-corrected chi connectivity index (χ0v) is 11.2. The second-order valence-corrected chi connectivity index (χ2v) is 4.14. The molecule has 0 unspecified atom stereocenters. The van der Waals surface area contributed by atoms with Gasteiger partial charge in [-0.15, -0.1) is 0 Å². The summed E-state index contributed by atoms with van der Waals surface area (Å²) in [6, 6.07) is 6.53. The molecule has 0 aliphatic carbocycles. The van der Waals surface area contributed by atoms with Crippen LogP contribution in [-0.2, 0) is 7.05 Å². The van der Waals surface area contributed by atoms with E-state index in [0.29, 0.717) is 16.9 Å². The first-order valence-corrected chi connectivity index (χ1v) is 5.97. The zero-order valence-electron chi connectivity index (χ0n) is 11.2. The minimum atomic E-state index is -0.294. The number of aromatic nitrogens is 2. The fourth-order valence-corrected chi connectivity index (χ4v) is 1.57. The van der Waals surface area contributed by atoms with Gasteiger partial charge < -0.3 is 16.0 Å². The van der Waals surface area contributed by atoms with Crippen molar-refractivity contribution in [3.63, 3.8) is 0 Å². The highest BCUT2D eigenvalue weighted by molar-refractivity contribution is 6.04. The third-order valence-electron chi connectivity index (χ3n) is 2.59. The smallest absolute Gasteiger partial charge is 0.318 e. The van der Waals surface area contributed by atoms with Crippen LogP contribution in [0.3, 0.4) is 0 Å². The molecule has 0 radical (unpaired) electrons. The van der Waals surface area contributed by atoms with E-state index >= 15 is 0 Å². The standard InChI is InChI=1S/C13H15N5O2/c1-14-13(20)17-11-5-3-10(4-6-11)16-12(19)9-7-15-18(2)8-9/h3-8H,1-2H3,(H,16,19)(H2,14,17,20). The predicted octanol–water partition coefficient (Wildman–Crippen LogP) is 1.42. The monoisotopic (exact) mass is 273 g/mol. The fourth-order valence-electron chi connectivity index (χ4n) is 1.57. The number of benzene rings is 1. The lowest BCUT2D eigenvalue weighted by molar-refractivity contribution is 0.102. The maximum Gasteiger partial charge on any atom is 0.318 e. The van der Waals surface area contributed by atoms with Gasteiger partial charge in [-0.2, -0.15) is 5.10 Å². The average molecular weight is 273 g/mol. The Labute approximate surface area is 116 Å². The summed E-state index contributed by atoms with van der Waals surface area (Å²) in [7, 11) is 3.29.